The van der Waals surface area contributed by atoms with E-state index in [4.69, 9.17) is 0 Å². The highest BCUT2D eigenvalue weighted by Gasteiger charge is 2.25. The van der Waals surface area contributed by atoms with E-state index in [1.165, 1.54) is 5.56 Å². The molecule has 0 spiro atoms. The molecule has 0 radical (unpaired) electrons. The molecule has 168 valence electrons. The van der Waals surface area contributed by atoms with Gasteiger partial charge in [-0.1, -0.05) is 49.4 Å². The van der Waals surface area contributed by atoms with E-state index in [0.29, 0.717) is 18.2 Å². The Morgan fingerprint density at radius 2 is 1.77 bits per heavy atom. The minimum atomic E-state index is -0.0683. The number of nitrogens with one attached hydrogen (secondary N) is 2. The maximum Gasteiger partial charge on any atom is 0.251 e. The van der Waals surface area contributed by atoms with E-state index in [2.05, 4.69) is 62.7 Å². The van der Waals surface area contributed by atoms with E-state index in [-0.39, 0.29) is 29.9 Å². The van der Waals surface area contributed by atoms with Crippen molar-refractivity contribution in [2.24, 2.45) is 4.99 Å². The number of carbonyl (C=O) groups excluding carboxylic acids is 1. The van der Waals surface area contributed by atoms with Crippen molar-refractivity contribution < 1.29 is 4.79 Å². The monoisotopic (exact) mass is 535 g/mol. The summed E-state index contributed by atoms with van der Waals surface area (Å²) in [6.45, 7) is 6.82. The summed E-state index contributed by atoms with van der Waals surface area (Å²) in [4.78, 5) is 21.2. The Kier molecular flexibility index (Phi) is 10.3. The summed E-state index contributed by atoms with van der Waals surface area (Å²) in [6, 6.07) is 18.9. The summed E-state index contributed by atoms with van der Waals surface area (Å²) in [5, 5.41) is 6.13. The predicted octanol–water partition coefficient (Wildman–Crippen LogP) is 3.51. The van der Waals surface area contributed by atoms with Crippen LogP contribution in [0, 0.1) is 0 Å². The number of piperazine rings is 1. The molecule has 1 aliphatic heterocycles. The summed E-state index contributed by atoms with van der Waals surface area (Å²) >= 11 is 0. The molecule has 6 nitrogen and oxygen atoms in total. The Balaban J connectivity index is 0.00000341. The molecule has 0 bridgehead atoms. The van der Waals surface area contributed by atoms with Crippen molar-refractivity contribution in [3.05, 3.63) is 71.3 Å². The third-order valence-corrected chi connectivity index (χ3v) is 5.70. The summed E-state index contributed by atoms with van der Waals surface area (Å²) in [7, 11) is 3.48. The third kappa shape index (κ3) is 6.67. The number of hydrogen-bond acceptors (Lipinski definition) is 3. The molecule has 1 fully saturated rings. The van der Waals surface area contributed by atoms with Gasteiger partial charge >= 0.3 is 0 Å². The molecule has 1 aliphatic rings. The molecule has 0 saturated carbocycles. The Morgan fingerprint density at radius 1 is 1.06 bits per heavy atom. The first kappa shape index (κ1) is 25.1. The molecular formula is C24H34IN5O. The lowest BCUT2D eigenvalue weighted by atomic mass is 10.0. The van der Waals surface area contributed by atoms with E-state index in [1.54, 1.807) is 7.05 Å². The smallest absolute Gasteiger partial charge is 0.251 e. The molecule has 0 aromatic heterocycles. The maximum atomic E-state index is 11.9. The van der Waals surface area contributed by atoms with E-state index in [9.17, 15) is 4.79 Å². The Bertz CT molecular complexity index is 850. The third-order valence-electron chi connectivity index (χ3n) is 5.70. The van der Waals surface area contributed by atoms with Crippen LogP contribution in [-0.4, -0.2) is 61.9 Å². The molecule has 2 N–H and O–H groups in total. The minimum Gasteiger partial charge on any atom is -0.355 e. The zero-order chi connectivity index (χ0) is 21.3. The lowest BCUT2D eigenvalue weighted by molar-refractivity contribution is 0.0963. The van der Waals surface area contributed by atoms with Crippen molar-refractivity contribution in [2.45, 2.75) is 25.9 Å². The van der Waals surface area contributed by atoms with Gasteiger partial charge in [0.05, 0.1) is 0 Å². The fourth-order valence-corrected chi connectivity index (χ4v) is 4.11. The first-order chi connectivity index (χ1) is 14.7. The summed E-state index contributed by atoms with van der Waals surface area (Å²) < 4.78 is 0. The van der Waals surface area contributed by atoms with Crippen LogP contribution in [0.2, 0.25) is 0 Å². The van der Waals surface area contributed by atoms with Gasteiger partial charge in [-0.05, 0) is 29.7 Å². The van der Waals surface area contributed by atoms with Crippen LogP contribution in [-0.2, 0) is 6.54 Å². The molecule has 3 rings (SSSR count). The van der Waals surface area contributed by atoms with Crippen LogP contribution in [0.3, 0.4) is 0 Å². The SMILES string of the molecule is CCC(c1ccccc1)N1CCN(C(=NC)NCc2cccc(C(=O)NC)c2)CC1.I. The van der Waals surface area contributed by atoms with Crippen molar-refractivity contribution in [1.82, 2.24) is 20.4 Å². The van der Waals surface area contributed by atoms with Gasteiger partial charge in [0.25, 0.3) is 5.91 Å². The van der Waals surface area contributed by atoms with E-state index in [1.807, 2.05) is 31.3 Å². The van der Waals surface area contributed by atoms with Gasteiger partial charge in [0.1, 0.15) is 0 Å². The second kappa shape index (κ2) is 12.7. The molecule has 1 saturated heterocycles. The number of benzene rings is 2. The molecule has 31 heavy (non-hydrogen) atoms. The highest BCUT2D eigenvalue weighted by molar-refractivity contribution is 14.0. The molecule has 7 heteroatoms. The number of halogens is 1. The van der Waals surface area contributed by atoms with Gasteiger partial charge in [-0.15, -0.1) is 24.0 Å². The summed E-state index contributed by atoms with van der Waals surface area (Å²) in [5.41, 5.74) is 3.13. The van der Waals surface area contributed by atoms with Crippen LogP contribution in [0.5, 0.6) is 0 Å². The molecule has 1 heterocycles. The molecule has 1 amide bonds. The second-order valence-corrected chi connectivity index (χ2v) is 7.54. The molecule has 1 atom stereocenters. The van der Waals surface area contributed by atoms with Crippen LogP contribution in [0.4, 0.5) is 0 Å². The molecule has 2 aromatic rings. The molecular weight excluding hydrogens is 501 g/mol. The maximum absolute atomic E-state index is 11.9. The lowest BCUT2D eigenvalue weighted by Crippen LogP contribution is -2.52. The normalized spacial score (nSPS) is 15.7. The Hall–Kier alpha value is -2.13. The average molecular weight is 535 g/mol. The number of amides is 1. The van der Waals surface area contributed by atoms with Gasteiger partial charge in [0, 0.05) is 58.4 Å². The quantitative estimate of drug-likeness (QED) is 0.338. The highest BCUT2D eigenvalue weighted by atomic mass is 127. The Labute approximate surface area is 203 Å². The first-order valence-electron chi connectivity index (χ1n) is 10.7. The van der Waals surface area contributed by atoms with Gasteiger partial charge in [-0.25, -0.2) is 0 Å². The number of guanidine groups is 1. The van der Waals surface area contributed by atoms with Gasteiger partial charge < -0.3 is 15.5 Å². The minimum absolute atomic E-state index is 0. The van der Waals surface area contributed by atoms with Crippen molar-refractivity contribution in [1.29, 1.82) is 0 Å². The molecule has 2 aromatic carbocycles. The van der Waals surface area contributed by atoms with Gasteiger partial charge in [-0.3, -0.25) is 14.7 Å². The number of hydrogen-bond donors (Lipinski definition) is 2. The van der Waals surface area contributed by atoms with Crippen molar-refractivity contribution in [3.8, 4) is 0 Å². The van der Waals surface area contributed by atoms with Crippen LogP contribution >= 0.6 is 24.0 Å². The second-order valence-electron chi connectivity index (χ2n) is 7.54. The largest absolute Gasteiger partial charge is 0.355 e. The van der Waals surface area contributed by atoms with Gasteiger partial charge in [0.2, 0.25) is 0 Å². The zero-order valence-corrected chi connectivity index (χ0v) is 21.0. The molecule has 0 aliphatic carbocycles. The highest BCUT2D eigenvalue weighted by Crippen LogP contribution is 2.25. The van der Waals surface area contributed by atoms with E-state index in [0.717, 1.165) is 44.1 Å². The lowest BCUT2D eigenvalue weighted by Gasteiger charge is -2.40. The van der Waals surface area contributed by atoms with Crippen LogP contribution in [0.1, 0.15) is 40.9 Å². The number of rotatable bonds is 6. The Morgan fingerprint density at radius 3 is 2.39 bits per heavy atom. The standard InChI is InChI=1S/C24H33N5O.HI/c1-4-22(20-10-6-5-7-11-20)28-13-15-29(16-14-28)24(26-3)27-18-19-9-8-12-21(17-19)23(30)25-2;/h5-12,17,22H,4,13-16,18H2,1-3H3,(H,25,30)(H,26,27);1H. The fraction of sp³-hybridized carbons (Fsp3) is 0.417. The fourth-order valence-electron chi connectivity index (χ4n) is 4.11. The number of nitrogens with zero attached hydrogens (tertiary/aromatic N) is 3. The number of aliphatic imine (C=N–C) groups is 1. The van der Waals surface area contributed by atoms with Crippen molar-refractivity contribution in [3.63, 3.8) is 0 Å². The van der Waals surface area contributed by atoms with Gasteiger partial charge in [0.15, 0.2) is 5.96 Å². The van der Waals surface area contributed by atoms with Gasteiger partial charge in [-0.2, -0.15) is 0 Å². The van der Waals surface area contributed by atoms with Crippen LogP contribution in [0.15, 0.2) is 59.6 Å². The van der Waals surface area contributed by atoms with Crippen molar-refractivity contribution in [2.75, 3.05) is 40.3 Å². The average Bonchev–Trinajstić information content (AvgIpc) is 2.81. The predicted molar refractivity (Wildman–Crippen MR) is 138 cm³/mol. The van der Waals surface area contributed by atoms with Crippen molar-refractivity contribution >= 4 is 35.8 Å². The van der Waals surface area contributed by atoms with Crippen LogP contribution < -0.4 is 10.6 Å². The van der Waals surface area contributed by atoms with E-state index < -0.39 is 0 Å². The van der Waals surface area contributed by atoms with Crippen LogP contribution in [0.25, 0.3) is 0 Å². The summed E-state index contributed by atoms with van der Waals surface area (Å²) in [5.74, 6) is 0.842. The zero-order valence-electron chi connectivity index (χ0n) is 18.7. The van der Waals surface area contributed by atoms with E-state index >= 15 is 0 Å². The first-order valence-corrected chi connectivity index (χ1v) is 10.7. The number of carbonyl (C=O) groups is 1. The summed E-state index contributed by atoms with van der Waals surface area (Å²) in [6.07, 6.45) is 1.11. The topological polar surface area (TPSA) is 60.0 Å². The molecule has 1 unspecified atom stereocenters.